The minimum atomic E-state index is -2.72. The number of aromatic nitrogens is 2. The molecule has 2 aromatic rings. The highest BCUT2D eigenvalue weighted by atomic mass is 32.2. The molecule has 0 atom stereocenters. The van der Waals surface area contributed by atoms with Crippen molar-refractivity contribution in [2.24, 2.45) is 21.5 Å². The molecule has 4 fully saturated rings. The normalized spacial score (nSPS) is 22.7. The number of nitriles is 1. The Hall–Kier alpha value is -2.76. The predicted octanol–water partition coefficient (Wildman–Crippen LogP) is 4.68. The van der Waals surface area contributed by atoms with E-state index >= 15 is 0 Å². The number of halogens is 3. The Morgan fingerprint density at radius 3 is 2.54 bits per heavy atom. The fraction of sp³-hybridized carbons (Fsp3) is 0.593. The van der Waals surface area contributed by atoms with Crippen molar-refractivity contribution in [2.45, 2.75) is 60.6 Å². The lowest BCUT2D eigenvalue weighted by Crippen LogP contribution is -2.53. The SMILES string of the molecule is C=N/N=C(\SCc1ncc2c(N3CCN(C(=O)C4CC(F)(F)C4)CC3)cc(SNC3(CF)CC3)cn12)C1(C#N)CC1. The number of thioether (sulfide) groups is 1. The summed E-state index contributed by atoms with van der Waals surface area (Å²) in [5.74, 6) is -2.26. The first-order chi connectivity index (χ1) is 19.7. The van der Waals surface area contributed by atoms with E-state index in [1.54, 1.807) is 4.90 Å². The second-order valence-corrected chi connectivity index (χ2v) is 13.3. The zero-order chi connectivity index (χ0) is 28.8. The van der Waals surface area contributed by atoms with Crippen molar-refractivity contribution in [3.05, 3.63) is 24.3 Å². The van der Waals surface area contributed by atoms with Crippen LogP contribution in [0.3, 0.4) is 0 Å². The van der Waals surface area contributed by atoms with Crippen molar-refractivity contribution >= 4 is 52.6 Å². The Morgan fingerprint density at radius 2 is 1.95 bits per heavy atom. The lowest BCUT2D eigenvalue weighted by atomic mass is 9.80. The number of pyridine rings is 1. The number of alkyl halides is 3. The van der Waals surface area contributed by atoms with Crippen molar-refractivity contribution in [3.63, 3.8) is 0 Å². The van der Waals surface area contributed by atoms with Crippen LogP contribution < -0.4 is 9.62 Å². The van der Waals surface area contributed by atoms with Crippen LogP contribution in [0.5, 0.6) is 0 Å². The van der Waals surface area contributed by atoms with E-state index in [4.69, 9.17) is 4.98 Å². The molecule has 9 nitrogen and oxygen atoms in total. The highest BCUT2D eigenvalue weighted by molar-refractivity contribution is 8.13. The summed E-state index contributed by atoms with van der Waals surface area (Å²) in [6.45, 7) is 5.05. The van der Waals surface area contributed by atoms with Crippen molar-refractivity contribution in [1.82, 2.24) is 19.0 Å². The van der Waals surface area contributed by atoms with E-state index in [1.807, 2.05) is 22.9 Å². The Balaban J connectivity index is 1.22. The molecule has 0 aromatic carbocycles. The summed E-state index contributed by atoms with van der Waals surface area (Å²) >= 11 is 2.82. The predicted molar refractivity (Wildman–Crippen MR) is 154 cm³/mol. The fourth-order valence-corrected chi connectivity index (χ4v) is 7.37. The number of nitrogens with one attached hydrogen (secondary N) is 1. The fourth-order valence-electron chi connectivity index (χ4n) is 5.32. The number of piperazine rings is 1. The largest absolute Gasteiger partial charge is 0.366 e. The van der Waals surface area contributed by atoms with Gasteiger partial charge in [-0.1, -0.05) is 11.8 Å². The van der Waals surface area contributed by atoms with Crippen LogP contribution in [0, 0.1) is 22.7 Å². The molecule has 41 heavy (non-hydrogen) atoms. The number of carbonyl (C=O) groups excluding carboxylic acids is 1. The first-order valence-electron chi connectivity index (χ1n) is 13.7. The van der Waals surface area contributed by atoms with Crippen molar-refractivity contribution in [2.75, 3.05) is 37.8 Å². The quantitative estimate of drug-likeness (QED) is 0.182. The first kappa shape index (κ1) is 28.4. The molecule has 1 saturated heterocycles. The van der Waals surface area contributed by atoms with E-state index in [9.17, 15) is 23.2 Å². The van der Waals surface area contributed by atoms with Gasteiger partial charge in [-0.2, -0.15) is 10.4 Å². The van der Waals surface area contributed by atoms with Gasteiger partial charge in [0.2, 0.25) is 11.8 Å². The standard InChI is InChI=1S/C27H31F3N8OS2/c1-32-34-24(25(17-31)2-3-25)40-15-22-33-13-21-20(10-19(14-38(21)22)41-35-26(16-28)4-5-26)36-6-8-37(9-7-36)23(39)18-11-27(29,30)12-18/h10,13-14,18,35H,1-9,11-12,15-16H2/b34-24-. The van der Waals surface area contributed by atoms with Crippen LogP contribution in [0.25, 0.3) is 5.52 Å². The zero-order valence-electron chi connectivity index (χ0n) is 22.5. The van der Waals surface area contributed by atoms with E-state index in [0.717, 1.165) is 47.6 Å². The molecule has 218 valence electrons. The zero-order valence-corrected chi connectivity index (χ0v) is 24.1. The van der Waals surface area contributed by atoms with Crippen molar-refractivity contribution in [1.29, 1.82) is 5.26 Å². The number of imidazole rings is 1. The third-order valence-corrected chi connectivity index (χ3v) is 10.6. The summed E-state index contributed by atoms with van der Waals surface area (Å²) < 4.78 is 45.5. The average Bonchev–Trinajstić information content (AvgIpc) is 3.89. The minimum absolute atomic E-state index is 0.184. The molecule has 3 aliphatic carbocycles. The van der Waals surface area contributed by atoms with E-state index in [2.05, 4.69) is 32.6 Å². The molecule has 1 amide bonds. The Morgan fingerprint density at radius 1 is 1.22 bits per heavy atom. The maximum Gasteiger partial charge on any atom is 0.249 e. The maximum absolute atomic E-state index is 13.6. The van der Waals surface area contributed by atoms with Crippen molar-refractivity contribution < 1.29 is 18.0 Å². The second-order valence-electron chi connectivity index (χ2n) is 11.4. The van der Waals surface area contributed by atoms with E-state index in [1.165, 1.54) is 23.7 Å². The Kier molecular flexibility index (Phi) is 7.48. The van der Waals surface area contributed by atoms with Crippen LogP contribution in [0.2, 0.25) is 0 Å². The van der Waals surface area contributed by atoms with E-state index < -0.39 is 29.5 Å². The van der Waals surface area contributed by atoms with Gasteiger partial charge in [-0.25, -0.2) is 18.2 Å². The third kappa shape index (κ3) is 5.68. The summed E-state index contributed by atoms with van der Waals surface area (Å²) in [7, 11) is 0. The second kappa shape index (κ2) is 10.8. The number of nitrogens with zero attached hydrogens (tertiary/aromatic N) is 7. The smallest absolute Gasteiger partial charge is 0.249 e. The summed E-state index contributed by atoms with van der Waals surface area (Å²) in [4.78, 5) is 22.2. The molecular formula is C27H31F3N8OS2. The third-order valence-electron chi connectivity index (χ3n) is 8.41. The van der Waals surface area contributed by atoms with Gasteiger partial charge < -0.3 is 9.80 Å². The van der Waals surface area contributed by atoms with Crippen LogP contribution in [0.4, 0.5) is 18.9 Å². The number of carbonyl (C=O) groups is 1. The number of amides is 1. The number of rotatable bonds is 10. The van der Waals surface area contributed by atoms with Gasteiger partial charge in [-0.3, -0.25) is 13.9 Å². The summed E-state index contributed by atoms with van der Waals surface area (Å²) in [6, 6.07) is 4.41. The maximum atomic E-state index is 13.6. The Labute approximate surface area is 244 Å². The van der Waals surface area contributed by atoms with Crippen molar-refractivity contribution in [3.8, 4) is 6.07 Å². The van der Waals surface area contributed by atoms with E-state index in [-0.39, 0.29) is 18.7 Å². The number of anilines is 1. The average molecular weight is 605 g/mol. The molecule has 0 radical (unpaired) electrons. The molecule has 1 N–H and O–H groups in total. The minimum Gasteiger partial charge on any atom is -0.366 e. The monoisotopic (exact) mass is 604 g/mol. The van der Waals surface area contributed by atoms with Gasteiger partial charge in [-0.15, -0.1) is 5.10 Å². The van der Waals surface area contributed by atoms with Gasteiger partial charge in [0, 0.05) is 62.7 Å². The molecule has 14 heteroatoms. The topological polar surface area (TPSA) is 101 Å². The van der Waals surface area contributed by atoms with Gasteiger partial charge in [0.15, 0.2) is 0 Å². The van der Waals surface area contributed by atoms with Gasteiger partial charge in [-0.05, 0) is 43.7 Å². The molecule has 6 rings (SSSR count). The molecule has 3 heterocycles. The number of hydrogen-bond donors (Lipinski definition) is 1. The molecule has 4 aliphatic rings. The molecule has 0 unspecified atom stereocenters. The van der Waals surface area contributed by atoms with Crippen LogP contribution in [-0.2, 0) is 10.5 Å². The van der Waals surface area contributed by atoms with Gasteiger partial charge in [0.05, 0.1) is 34.8 Å². The molecule has 0 bridgehead atoms. The number of hydrogen-bond acceptors (Lipinski definition) is 9. The van der Waals surface area contributed by atoms with Gasteiger partial charge in [0.1, 0.15) is 23.0 Å². The van der Waals surface area contributed by atoms with E-state index in [0.29, 0.717) is 37.0 Å². The van der Waals surface area contributed by atoms with Crippen LogP contribution in [0.15, 0.2) is 33.6 Å². The van der Waals surface area contributed by atoms with Gasteiger partial charge in [0.25, 0.3) is 0 Å². The summed E-state index contributed by atoms with van der Waals surface area (Å²) in [5.41, 5.74) is 0.755. The van der Waals surface area contributed by atoms with Gasteiger partial charge >= 0.3 is 0 Å². The molecule has 0 spiro atoms. The molecule has 3 saturated carbocycles. The molecule has 1 aliphatic heterocycles. The molecular weight excluding hydrogens is 573 g/mol. The Bertz CT molecular complexity index is 1420. The highest BCUT2D eigenvalue weighted by Gasteiger charge is 2.50. The number of fused-ring (bicyclic) bond motifs is 1. The molecule has 2 aromatic heterocycles. The van der Waals surface area contributed by atoms with Crippen LogP contribution in [-0.4, -0.2) is 76.3 Å². The summed E-state index contributed by atoms with van der Waals surface area (Å²) in [5, 5.41) is 18.1. The highest BCUT2D eigenvalue weighted by Crippen LogP contribution is 2.50. The first-order valence-corrected chi connectivity index (χ1v) is 15.5. The van der Waals surface area contributed by atoms with Crippen LogP contribution in [0.1, 0.15) is 44.3 Å². The lowest BCUT2D eigenvalue weighted by Gasteiger charge is -2.41. The van der Waals surface area contributed by atoms with Crippen LogP contribution >= 0.6 is 23.7 Å². The lowest BCUT2D eigenvalue weighted by molar-refractivity contribution is -0.160. The summed E-state index contributed by atoms with van der Waals surface area (Å²) in [6.07, 6.45) is 6.15.